The highest BCUT2D eigenvalue weighted by Crippen LogP contribution is 2.28. The summed E-state index contributed by atoms with van der Waals surface area (Å²) in [5.41, 5.74) is 0. The van der Waals surface area contributed by atoms with E-state index in [0.717, 1.165) is 25.7 Å². The molecule has 6 heteroatoms. The highest BCUT2D eigenvalue weighted by molar-refractivity contribution is 5.83. The number of carboxylic acids is 1. The average molecular weight is 270 g/mol. The van der Waals surface area contributed by atoms with Crippen LogP contribution >= 0.6 is 0 Å². The second-order valence-corrected chi connectivity index (χ2v) is 5.33. The van der Waals surface area contributed by atoms with Crippen LogP contribution in [0.5, 0.6) is 0 Å². The van der Waals surface area contributed by atoms with Gasteiger partial charge in [-0.1, -0.05) is 0 Å². The lowest BCUT2D eigenvalue weighted by Gasteiger charge is -2.40. The number of carbonyl (C=O) groups excluding carboxylic acids is 1. The third-order valence-electron chi connectivity index (χ3n) is 4.10. The van der Waals surface area contributed by atoms with Crippen molar-refractivity contribution < 1.29 is 19.8 Å². The molecule has 1 saturated carbocycles. The first-order chi connectivity index (χ1) is 9.15. The Kier molecular flexibility index (Phi) is 4.63. The minimum Gasteiger partial charge on any atom is -0.480 e. The van der Waals surface area contributed by atoms with Gasteiger partial charge in [-0.25, -0.2) is 9.59 Å². The molecule has 2 amide bonds. The molecule has 1 aliphatic carbocycles. The van der Waals surface area contributed by atoms with Crippen molar-refractivity contribution in [2.45, 2.75) is 50.6 Å². The number of urea groups is 1. The number of nitrogens with zero attached hydrogens (tertiary/aromatic N) is 2. The molecule has 0 unspecified atom stereocenters. The summed E-state index contributed by atoms with van der Waals surface area (Å²) in [6.07, 6.45) is 4.94. The monoisotopic (exact) mass is 270 g/mol. The lowest BCUT2D eigenvalue weighted by molar-refractivity contribution is -0.141. The van der Waals surface area contributed by atoms with Gasteiger partial charge in [-0.3, -0.25) is 0 Å². The Bertz CT molecular complexity index is 344. The molecule has 0 bridgehead atoms. The Morgan fingerprint density at radius 3 is 2.47 bits per heavy atom. The molecule has 0 aromatic rings. The SMILES string of the molecule is O=C(O)[C@@H]1CCCN1C(=O)N(CCCO)C1CCC1. The second-order valence-electron chi connectivity index (χ2n) is 5.33. The van der Waals surface area contributed by atoms with Crippen molar-refractivity contribution >= 4 is 12.0 Å². The number of aliphatic carboxylic acids is 1. The van der Waals surface area contributed by atoms with Crippen LogP contribution in [0.15, 0.2) is 0 Å². The predicted octanol–water partition coefficient (Wildman–Crippen LogP) is 0.892. The van der Waals surface area contributed by atoms with Crippen LogP contribution in [0.2, 0.25) is 0 Å². The predicted molar refractivity (Wildman–Crippen MR) is 68.8 cm³/mol. The van der Waals surface area contributed by atoms with Gasteiger partial charge in [0.1, 0.15) is 6.04 Å². The number of aliphatic hydroxyl groups is 1. The van der Waals surface area contributed by atoms with Gasteiger partial charge in [-0.2, -0.15) is 0 Å². The first kappa shape index (κ1) is 14.1. The van der Waals surface area contributed by atoms with Gasteiger partial charge in [-0.05, 0) is 38.5 Å². The number of hydrogen-bond acceptors (Lipinski definition) is 3. The van der Waals surface area contributed by atoms with Crippen LogP contribution in [0, 0.1) is 0 Å². The fourth-order valence-corrected chi connectivity index (χ4v) is 2.79. The van der Waals surface area contributed by atoms with E-state index in [2.05, 4.69) is 0 Å². The van der Waals surface area contributed by atoms with Gasteiger partial charge < -0.3 is 20.0 Å². The van der Waals surface area contributed by atoms with E-state index in [1.165, 1.54) is 4.90 Å². The summed E-state index contributed by atoms with van der Waals surface area (Å²) in [4.78, 5) is 26.9. The van der Waals surface area contributed by atoms with Gasteiger partial charge in [0.15, 0.2) is 0 Å². The Morgan fingerprint density at radius 2 is 1.95 bits per heavy atom. The molecular formula is C13H22N2O4. The van der Waals surface area contributed by atoms with Crippen LogP contribution in [-0.4, -0.2) is 63.8 Å². The molecule has 2 rings (SSSR count). The number of likely N-dealkylation sites (tertiary alicyclic amines) is 1. The van der Waals surface area contributed by atoms with E-state index in [1.807, 2.05) is 0 Å². The molecule has 2 fully saturated rings. The van der Waals surface area contributed by atoms with E-state index in [9.17, 15) is 9.59 Å². The topological polar surface area (TPSA) is 81.1 Å². The molecule has 2 aliphatic rings. The fraction of sp³-hybridized carbons (Fsp3) is 0.846. The second kappa shape index (κ2) is 6.23. The summed E-state index contributed by atoms with van der Waals surface area (Å²) in [6.45, 7) is 1.10. The van der Waals surface area contributed by atoms with Gasteiger partial charge in [0.2, 0.25) is 0 Å². The number of aliphatic hydroxyl groups excluding tert-OH is 1. The molecule has 19 heavy (non-hydrogen) atoms. The van der Waals surface area contributed by atoms with Gasteiger partial charge >= 0.3 is 12.0 Å². The maximum Gasteiger partial charge on any atom is 0.326 e. The van der Waals surface area contributed by atoms with Gasteiger partial charge in [-0.15, -0.1) is 0 Å². The Morgan fingerprint density at radius 1 is 1.21 bits per heavy atom. The highest BCUT2D eigenvalue weighted by Gasteiger charge is 2.38. The number of carboxylic acid groups (broad SMARTS) is 1. The van der Waals surface area contributed by atoms with Gasteiger partial charge in [0, 0.05) is 25.7 Å². The van der Waals surface area contributed by atoms with E-state index in [-0.39, 0.29) is 18.7 Å². The zero-order chi connectivity index (χ0) is 13.8. The third-order valence-corrected chi connectivity index (χ3v) is 4.10. The fourth-order valence-electron chi connectivity index (χ4n) is 2.79. The lowest BCUT2D eigenvalue weighted by Crippen LogP contribution is -2.53. The summed E-state index contributed by atoms with van der Waals surface area (Å²) in [7, 11) is 0. The largest absolute Gasteiger partial charge is 0.480 e. The van der Waals surface area contributed by atoms with Crippen LogP contribution in [0.3, 0.4) is 0 Å². The lowest BCUT2D eigenvalue weighted by atomic mass is 9.91. The van der Waals surface area contributed by atoms with Gasteiger partial charge in [0.05, 0.1) is 0 Å². The van der Waals surface area contributed by atoms with Crippen molar-refractivity contribution in [2.24, 2.45) is 0 Å². The maximum atomic E-state index is 12.5. The number of carbonyl (C=O) groups is 2. The highest BCUT2D eigenvalue weighted by atomic mass is 16.4. The smallest absolute Gasteiger partial charge is 0.326 e. The summed E-state index contributed by atoms with van der Waals surface area (Å²) in [5, 5.41) is 18.1. The molecule has 6 nitrogen and oxygen atoms in total. The molecule has 1 saturated heterocycles. The van der Waals surface area contributed by atoms with Crippen molar-refractivity contribution in [1.82, 2.24) is 9.80 Å². The van der Waals surface area contributed by atoms with E-state index in [1.54, 1.807) is 4.90 Å². The van der Waals surface area contributed by atoms with Crippen LogP contribution in [-0.2, 0) is 4.79 Å². The van der Waals surface area contributed by atoms with Gasteiger partial charge in [0.25, 0.3) is 0 Å². The Hall–Kier alpha value is -1.30. The Labute approximate surface area is 113 Å². The first-order valence-corrected chi connectivity index (χ1v) is 7.06. The van der Waals surface area contributed by atoms with E-state index in [4.69, 9.17) is 10.2 Å². The minimum atomic E-state index is -0.915. The molecule has 1 heterocycles. The molecule has 108 valence electrons. The van der Waals surface area contributed by atoms with E-state index < -0.39 is 12.0 Å². The van der Waals surface area contributed by atoms with Crippen molar-refractivity contribution in [3.8, 4) is 0 Å². The first-order valence-electron chi connectivity index (χ1n) is 7.06. The molecular weight excluding hydrogens is 248 g/mol. The summed E-state index contributed by atoms with van der Waals surface area (Å²) in [6, 6.07) is -0.610. The average Bonchev–Trinajstić information content (AvgIpc) is 2.80. The van der Waals surface area contributed by atoms with Crippen molar-refractivity contribution in [3.05, 3.63) is 0 Å². The van der Waals surface area contributed by atoms with Crippen LogP contribution in [0.1, 0.15) is 38.5 Å². The van der Waals surface area contributed by atoms with Crippen LogP contribution in [0.25, 0.3) is 0 Å². The van der Waals surface area contributed by atoms with Crippen molar-refractivity contribution in [2.75, 3.05) is 19.7 Å². The zero-order valence-electron chi connectivity index (χ0n) is 11.1. The molecule has 0 aromatic carbocycles. The molecule has 1 atom stereocenters. The normalized spacial score (nSPS) is 23.2. The molecule has 0 radical (unpaired) electrons. The minimum absolute atomic E-state index is 0.0544. The summed E-state index contributed by atoms with van der Waals surface area (Å²) >= 11 is 0. The standard InChI is InChI=1S/C13H22N2O4/c16-9-3-8-14(10-4-1-5-10)13(19)15-7-2-6-11(15)12(17)18/h10-11,16H,1-9H2,(H,17,18)/t11-/m0/s1. The summed E-state index contributed by atoms with van der Waals surface area (Å²) in [5.74, 6) is -0.915. The van der Waals surface area contributed by atoms with Crippen LogP contribution in [0.4, 0.5) is 4.79 Å². The quantitative estimate of drug-likeness (QED) is 0.777. The van der Waals surface area contributed by atoms with E-state index in [0.29, 0.717) is 25.9 Å². The molecule has 2 N–H and O–H groups in total. The summed E-state index contributed by atoms with van der Waals surface area (Å²) < 4.78 is 0. The van der Waals surface area contributed by atoms with Crippen LogP contribution < -0.4 is 0 Å². The van der Waals surface area contributed by atoms with Crippen molar-refractivity contribution in [3.63, 3.8) is 0 Å². The number of hydrogen-bond donors (Lipinski definition) is 2. The molecule has 1 aliphatic heterocycles. The number of rotatable bonds is 5. The molecule has 0 spiro atoms. The molecule has 0 aromatic heterocycles. The van der Waals surface area contributed by atoms with E-state index >= 15 is 0 Å². The third kappa shape index (κ3) is 3.00. The Balaban J connectivity index is 2.02. The number of amides is 2. The maximum absolute atomic E-state index is 12.5. The van der Waals surface area contributed by atoms with Crippen molar-refractivity contribution in [1.29, 1.82) is 0 Å². The zero-order valence-corrected chi connectivity index (χ0v) is 11.1.